The molecular formula is C13H17BrN2S. The topological polar surface area (TPSA) is 38.0 Å². The normalized spacial score (nSPS) is 16.6. The lowest BCUT2D eigenvalue weighted by atomic mass is 10.0. The molecule has 0 atom stereocenters. The molecule has 4 heteroatoms. The molecule has 0 heterocycles. The Hall–Kier alpha value is -0.610. The Labute approximate surface area is 116 Å². The Balaban J connectivity index is 2.13. The Bertz CT molecular complexity index is 441. The van der Waals surface area contributed by atoms with Gasteiger partial charge in [0.2, 0.25) is 0 Å². The summed E-state index contributed by atoms with van der Waals surface area (Å²) in [7, 11) is 0. The van der Waals surface area contributed by atoms with E-state index in [1.165, 1.54) is 19.3 Å². The molecule has 0 aromatic heterocycles. The van der Waals surface area contributed by atoms with Crippen LogP contribution < -0.4 is 11.1 Å². The minimum Gasteiger partial charge on any atom is -0.389 e. The fourth-order valence-corrected chi connectivity index (χ4v) is 2.53. The molecule has 0 unspecified atom stereocenters. The first kappa shape index (κ1) is 12.8. The molecule has 0 saturated heterocycles. The smallest absolute Gasteiger partial charge is 0.106 e. The lowest BCUT2D eigenvalue weighted by Crippen LogP contribution is -2.18. The highest BCUT2D eigenvalue weighted by Gasteiger charge is 2.40. The minimum absolute atomic E-state index is 0.446. The molecule has 2 rings (SSSR count). The van der Waals surface area contributed by atoms with Crippen molar-refractivity contribution in [2.75, 3.05) is 11.9 Å². The van der Waals surface area contributed by atoms with Gasteiger partial charge in [-0.2, -0.15) is 0 Å². The molecule has 3 N–H and O–H groups in total. The van der Waals surface area contributed by atoms with Crippen molar-refractivity contribution in [3.05, 3.63) is 28.2 Å². The molecule has 0 spiro atoms. The molecule has 92 valence electrons. The lowest BCUT2D eigenvalue weighted by molar-refractivity contribution is 0.521. The third kappa shape index (κ3) is 2.99. The monoisotopic (exact) mass is 312 g/mol. The van der Waals surface area contributed by atoms with Crippen molar-refractivity contribution in [2.24, 2.45) is 11.1 Å². The Morgan fingerprint density at radius 3 is 2.76 bits per heavy atom. The highest BCUT2D eigenvalue weighted by atomic mass is 79.9. The first-order valence-electron chi connectivity index (χ1n) is 5.89. The van der Waals surface area contributed by atoms with Gasteiger partial charge in [0, 0.05) is 22.3 Å². The average molecular weight is 313 g/mol. The van der Waals surface area contributed by atoms with Gasteiger partial charge in [-0.05, 0) is 42.9 Å². The van der Waals surface area contributed by atoms with E-state index in [1.807, 2.05) is 18.2 Å². The summed E-state index contributed by atoms with van der Waals surface area (Å²) in [4.78, 5) is 0.446. The zero-order valence-electron chi connectivity index (χ0n) is 9.92. The quantitative estimate of drug-likeness (QED) is 0.814. The van der Waals surface area contributed by atoms with Crippen LogP contribution in [0.1, 0.15) is 31.7 Å². The number of anilines is 1. The Kier molecular flexibility index (Phi) is 3.73. The number of thiocarbonyl (C=S) groups is 1. The van der Waals surface area contributed by atoms with Gasteiger partial charge in [0.05, 0.1) is 0 Å². The molecule has 0 amide bonds. The molecule has 1 fully saturated rings. The van der Waals surface area contributed by atoms with Gasteiger partial charge in [-0.1, -0.05) is 35.1 Å². The van der Waals surface area contributed by atoms with E-state index in [0.29, 0.717) is 10.4 Å². The van der Waals surface area contributed by atoms with E-state index in [-0.39, 0.29) is 0 Å². The third-order valence-corrected chi connectivity index (χ3v) is 4.32. The van der Waals surface area contributed by atoms with E-state index in [0.717, 1.165) is 22.3 Å². The molecule has 1 aromatic carbocycles. The second-order valence-electron chi connectivity index (χ2n) is 4.76. The lowest BCUT2D eigenvalue weighted by Gasteiger charge is -2.17. The van der Waals surface area contributed by atoms with Crippen molar-refractivity contribution in [3.63, 3.8) is 0 Å². The Morgan fingerprint density at radius 1 is 1.53 bits per heavy atom. The summed E-state index contributed by atoms with van der Waals surface area (Å²) in [5.41, 5.74) is 8.20. The summed E-state index contributed by atoms with van der Waals surface area (Å²) in [6, 6.07) is 5.97. The van der Waals surface area contributed by atoms with Gasteiger partial charge in [0.15, 0.2) is 0 Å². The fraction of sp³-hybridized carbons (Fsp3) is 0.462. The maximum atomic E-state index is 5.73. The third-order valence-electron chi connectivity index (χ3n) is 3.61. The van der Waals surface area contributed by atoms with Crippen LogP contribution in [0.4, 0.5) is 5.69 Å². The molecule has 0 bridgehead atoms. The summed E-state index contributed by atoms with van der Waals surface area (Å²) in [6.07, 6.45) is 3.89. The van der Waals surface area contributed by atoms with Crippen LogP contribution in [0.3, 0.4) is 0 Å². The summed E-state index contributed by atoms with van der Waals surface area (Å²) >= 11 is 8.54. The number of nitrogens with one attached hydrogen (secondary N) is 1. The van der Waals surface area contributed by atoms with Crippen molar-refractivity contribution >= 4 is 38.8 Å². The van der Waals surface area contributed by atoms with E-state index >= 15 is 0 Å². The van der Waals surface area contributed by atoms with Crippen LogP contribution in [0, 0.1) is 5.41 Å². The van der Waals surface area contributed by atoms with Gasteiger partial charge in [-0.3, -0.25) is 0 Å². The fourth-order valence-electron chi connectivity index (χ4n) is 1.99. The van der Waals surface area contributed by atoms with Gasteiger partial charge in [0.25, 0.3) is 0 Å². The van der Waals surface area contributed by atoms with Crippen LogP contribution in [0.15, 0.2) is 22.7 Å². The van der Waals surface area contributed by atoms with Gasteiger partial charge >= 0.3 is 0 Å². The van der Waals surface area contributed by atoms with Gasteiger partial charge in [0.1, 0.15) is 4.99 Å². The van der Waals surface area contributed by atoms with Crippen molar-refractivity contribution in [1.82, 2.24) is 0 Å². The predicted octanol–water partition coefficient (Wildman–Crippen LogP) is 3.69. The number of benzene rings is 1. The van der Waals surface area contributed by atoms with Crippen LogP contribution in [-0.4, -0.2) is 11.5 Å². The summed E-state index contributed by atoms with van der Waals surface area (Å²) in [5, 5.41) is 3.49. The number of rotatable bonds is 5. The first-order valence-corrected chi connectivity index (χ1v) is 7.10. The van der Waals surface area contributed by atoms with Crippen molar-refractivity contribution in [1.29, 1.82) is 0 Å². The maximum Gasteiger partial charge on any atom is 0.106 e. The molecule has 1 aromatic rings. The van der Waals surface area contributed by atoms with Gasteiger partial charge in [-0.15, -0.1) is 0 Å². The molecule has 1 aliphatic rings. The highest BCUT2D eigenvalue weighted by Crippen LogP contribution is 2.48. The van der Waals surface area contributed by atoms with E-state index in [1.54, 1.807) is 0 Å². The zero-order chi connectivity index (χ0) is 12.5. The van der Waals surface area contributed by atoms with Crippen LogP contribution in [0.25, 0.3) is 0 Å². The van der Waals surface area contributed by atoms with E-state index < -0.39 is 0 Å². The number of halogens is 1. The van der Waals surface area contributed by atoms with Crippen LogP contribution in [0.5, 0.6) is 0 Å². The largest absolute Gasteiger partial charge is 0.389 e. The number of nitrogens with two attached hydrogens (primary N) is 1. The SMILES string of the molecule is CCC1(CNc2cc(Br)ccc2C(N)=S)CC1. The van der Waals surface area contributed by atoms with E-state index in [2.05, 4.69) is 28.2 Å². The van der Waals surface area contributed by atoms with E-state index in [4.69, 9.17) is 18.0 Å². The standard InChI is InChI=1S/C13H17BrN2S/c1-2-13(5-6-13)8-16-11-7-9(14)3-4-10(11)12(15)17/h3-4,7,16H,2,5-6,8H2,1H3,(H2,15,17). The molecule has 2 nitrogen and oxygen atoms in total. The predicted molar refractivity (Wildman–Crippen MR) is 80.5 cm³/mol. The molecule has 1 saturated carbocycles. The van der Waals surface area contributed by atoms with Crippen LogP contribution >= 0.6 is 28.1 Å². The average Bonchev–Trinajstić information content (AvgIpc) is 3.07. The number of hydrogen-bond acceptors (Lipinski definition) is 2. The van der Waals surface area contributed by atoms with Crippen molar-refractivity contribution in [2.45, 2.75) is 26.2 Å². The van der Waals surface area contributed by atoms with Crippen LogP contribution in [0.2, 0.25) is 0 Å². The molecular weight excluding hydrogens is 296 g/mol. The first-order chi connectivity index (χ1) is 8.06. The van der Waals surface area contributed by atoms with Gasteiger partial charge in [-0.25, -0.2) is 0 Å². The molecule has 17 heavy (non-hydrogen) atoms. The Morgan fingerprint density at radius 2 is 2.24 bits per heavy atom. The second-order valence-corrected chi connectivity index (χ2v) is 6.12. The highest BCUT2D eigenvalue weighted by molar-refractivity contribution is 9.10. The van der Waals surface area contributed by atoms with Crippen LogP contribution in [-0.2, 0) is 0 Å². The molecule has 0 aliphatic heterocycles. The number of hydrogen-bond donors (Lipinski definition) is 2. The molecule has 0 radical (unpaired) electrons. The summed E-state index contributed by atoms with van der Waals surface area (Å²) in [6.45, 7) is 3.26. The summed E-state index contributed by atoms with van der Waals surface area (Å²) in [5.74, 6) is 0. The van der Waals surface area contributed by atoms with Crippen molar-refractivity contribution in [3.8, 4) is 0 Å². The van der Waals surface area contributed by atoms with E-state index in [9.17, 15) is 0 Å². The molecule has 1 aliphatic carbocycles. The second kappa shape index (κ2) is 4.94. The minimum atomic E-state index is 0.446. The zero-order valence-corrected chi connectivity index (χ0v) is 12.3. The van der Waals surface area contributed by atoms with Crippen molar-refractivity contribution < 1.29 is 0 Å². The summed E-state index contributed by atoms with van der Waals surface area (Å²) < 4.78 is 1.04. The van der Waals surface area contributed by atoms with Gasteiger partial charge < -0.3 is 11.1 Å². The maximum absolute atomic E-state index is 5.73.